The Kier molecular flexibility index (Phi) is 5.02. The molecule has 0 radical (unpaired) electrons. The molecule has 1 amide bonds. The van der Waals surface area contributed by atoms with Crippen molar-refractivity contribution < 1.29 is 14.1 Å². The Morgan fingerprint density at radius 1 is 1.48 bits per heavy atom. The highest BCUT2D eigenvalue weighted by atomic mass is 32.1. The lowest BCUT2D eigenvalue weighted by atomic mass is 10.1. The molecule has 124 valence electrons. The maximum absolute atomic E-state index is 13.1. The van der Waals surface area contributed by atoms with Crippen molar-refractivity contribution in [3.05, 3.63) is 27.8 Å². The first-order chi connectivity index (χ1) is 11.2. The molecule has 0 aromatic carbocycles. The normalized spacial score (nSPS) is 18.9. The number of likely N-dealkylation sites (tertiary alicyclic amines) is 1. The molecule has 0 N–H and O–H groups in total. The number of rotatable bonds is 4. The van der Waals surface area contributed by atoms with Crippen molar-refractivity contribution in [3.8, 4) is 0 Å². The van der Waals surface area contributed by atoms with Crippen LogP contribution in [0.15, 0.2) is 10.9 Å². The summed E-state index contributed by atoms with van der Waals surface area (Å²) in [5.74, 6) is 0.582. The maximum Gasteiger partial charge on any atom is 0.266 e. The summed E-state index contributed by atoms with van der Waals surface area (Å²) < 4.78 is 9.99. The van der Waals surface area contributed by atoms with Crippen LogP contribution in [-0.2, 0) is 11.3 Å². The molecule has 1 fully saturated rings. The van der Waals surface area contributed by atoms with Gasteiger partial charge in [0, 0.05) is 13.7 Å². The average molecular weight is 336 g/mol. The first kappa shape index (κ1) is 16.1. The topological polar surface area (TPSA) is 81.4 Å². The number of hydrogen-bond acceptors (Lipinski definition) is 7. The van der Waals surface area contributed by atoms with E-state index >= 15 is 0 Å². The molecule has 2 aromatic heterocycles. The summed E-state index contributed by atoms with van der Waals surface area (Å²) in [5, 5.41) is 4.77. The molecule has 1 saturated heterocycles. The molecule has 7 nitrogen and oxygen atoms in total. The highest BCUT2D eigenvalue weighted by Gasteiger charge is 2.32. The van der Waals surface area contributed by atoms with Gasteiger partial charge in [-0.15, -0.1) is 11.3 Å². The van der Waals surface area contributed by atoms with E-state index in [0.717, 1.165) is 36.4 Å². The average Bonchev–Trinajstić information content (AvgIpc) is 3.11. The van der Waals surface area contributed by atoms with Gasteiger partial charge in [-0.2, -0.15) is 4.98 Å². The lowest BCUT2D eigenvalue weighted by Crippen LogP contribution is -2.35. The van der Waals surface area contributed by atoms with Crippen LogP contribution < -0.4 is 0 Å². The van der Waals surface area contributed by atoms with E-state index in [1.165, 1.54) is 17.7 Å². The van der Waals surface area contributed by atoms with Crippen LogP contribution in [0.2, 0.25) is 0 Å². The van der Waals surface area contributed by atoms with E-state index in [4.69, 9.17) is 9.26 Å². The fourth-order valence-corrected chi connectivity index (χ4v) is 3.90. The second kappa shape index (κ2) is 7.18. The third-order valence-corrected chi connectivity index (χ3v) is 5.11. The highest BCUT2D eigenvalue weighted by Crippen LogP contribution is 2.31. The Bertz CT molecular complexity index is 656. The van der Waals surface area contributed by atoms with Gasteiger partial charge in [-0.25, -0.2) is 4.98 Å². The number of nitrogens with zero attached hydrogens (tertiary/aromatic N) is 4. The van der Waals surface area contributed by atoms with E-state index < -0.39 is 0 Å². The Balaban J connectivity index is 1.88. The number of thiazole rings is 1. The zero-order valence-electron chi connectivity index (χ0n) is 13.3. The predicted molar refractivity (Wildman–Crippen MR) is 84.1 cm³/mol. The molecule has 2 aromatic rings. The van der Waals surface area contributed by atoms with Crippen LogP contribution in [0.3, 0.4) is 0 Å². The predicted octanol–water partition coefficient (Wildman–Crippen LogP) is 2.74. The van der Waals surface area contributed by atoms with Crippen molar-refractivity contribution in [1.82, 2.24) is 20.0 Å². The number of amides is 1. The Hall–Kier alpha value is -1.80. The van der Waals surface area contributed by atoms with Gasteiger partial charge in [-0.05, 0) is 19.8 Å². The van der Waals surface area contributed by atoms with E-state index in [9.17, 15) is 4.79 Å². The number of ether oxygens (including phenoxy) is 1. The third-order valence-electron chi connectivity index (χ3n) is 3.99. The molecule has 0 aliphatic carbocycles. The standard InChI is InChI=1S/C15H20N4O3S/c1-10-13(23-12(17-10)8-21-2)15(20)19-7-5-3-4-6-11(19)14-16-9-22-18-14/h9,11H,3-8H2,1-2H3. The molecule has 1 aliphatic heterocycles. The van der Waals surface area contributed by atoms with E-state index in [1.54, 1.807) is 7.11 Å². The largest absolute Gasteiger partial charge is 0.378 e. The van der Waals surface area contributed by atoms with Crippen LogP contribution in [0.5, 0.6) is 0 Å². The second-order valence-electron chi connectivity index (χ2n) is 5.61. The van der Waals surface area contributed by atoms with E-state index in [2.05, 4.69) is 15.1 Å². The van der Waals surface area contributed by atoms with Gasteiger partial charge in [0.1, 0.15) is 9.88 Å². The number of methoxy groups -OCH3 is 1. The Morgan fingerprint density at radius 2 is 2.35 bits per heavy atom. The second-order valence-corrected chi connectivity index (χ2v) is 6.69. The van der Waals surface area contributed by atoms with Crippen LogP contribution in [0.4, 0.5) is 0 Å². The lowest BCUT2D eigenvalue weighted by molar-refractivity contribution is 0.0674. The van der Waals surface area contributed by atoms with Gasteiger partial charge < -0.3 is 14.2 Å². The van der Waals surface area contributed by atoms with E-state index in [-0.39, 0.29) is 11.9 Å². The molecule has 23 heavy (non-hydrogen) atoms. The van der Waals surface area contributed by atoms with Crippen molar-refractivity contribution in [3.63, 3.8) is 0 Å². The van der Waals surface area contributed by atoms with Gasteiger partial charge in [0.2, 0.25) is 6.39 Å². The van der Waals surface area contributed by atoms with Gasteiger partial charge in [-0.3, -0.25) is 4.79 Å². The van der Waals surface area contributed by atoms with E-state index in [1.807, 2.05) is 11.8 Å². The zero-order chi connectivity index (χ0) is 16.2. The van der Waals surface area contributed by atoms with Crippen molar-refractivity contribution in [1.29, 1.82) is 0 Å². The minimum atomic E-state index is -0.129. The summed E-state index contributed by atoms with van der Waals surface area (Å²) in [6.07, 6.45) is 5.32. The van der Waals surface area contributed by atoms with Gasteiger partial charge in [0.25, 0.3) is 5.91 Å². The van der Waals surface area contributed by atoms with Gasteiger partial charge in [0.15, 0.2) is 5.82 Å². The molecular formula is C15H20N4O3S. The summed E-state index contributed by atoms with van der Waals surface area (Å²) in [4.78, 5) is 24.2. The van der Waals surface area contributed by atoms with Crippen molar-refractivity contribution in [2.45, 2.75) is 45.3 Å². The number of hydrogen-bond donors (Lipinski definition) is 0. The fourth-order valence-electron chi connectivity index (χ4n) is 2.91. The molecule has 1 aliphatic rings. The molecule has 1 atom stereocenters. The molecule has 1 unspecified atom stereocenters. The molecular weight excluding hydrogens is 316 g/mol. The Morgan fingerprint density at radius 3 is 3.09 bits per heavy atom. The molecule has 3 rings (SSSR count). The minimum Gasteiger partial charge on any atom is -0.378 e. The minimum absolute atomic E-state index is 0.000877. The van der Waals surface area contributed by atoms with Crippen molar-refractivity contribution in [2.24, 2.45) is 0 Å². The molecule has 0 spiro atoms. The molecule has 3 heterocycles. The summed E-state index contributed by atoms with van der Waals surface area (Å²) in [6, 6.07) is -0.129. The lowest BCUT2D eigenvalue weighted by Gasteiger charge is -2.27. The van der Waals surface area contributed by atoms with Gasteiger partial charge in [0.05, 0.1) is 18.3 Å². The molecule has 8 heteroatoms. The number of carbonyl (C=O) groups excluding carboxylic acids is 1. The molecule has 0 saturated carbocycles. The van der Waals surface area contributed by atoms with Gasteiger partial charge in [-0.1, -0.05) is 18.0 Å². The first-order valence-corrected chi connectivity index (χ1v) is 8.55. The van der Waals surface area contributed by atoms with Crippen LogP contribution >= 0.6 is 11.3 Å². The Labute approximate surface area is 138 Å². The van der Waals surface area contributed by atoms with Crippen molar-refractivity contribution in [2.75, 3.05) is 13.7 Å². The first-order valence-electron chi connectivity index (χ1n) is 7.73. The number of carbonyl (C=O) groups is 1. The summed E-state index contributed by atoms with van der Waals surface area (Å²) >= 11 is 1.40. The number of aromatic nitrogens is 3. The zero-order valence-corrected chi connectivity index (χ0v) is 14.1. The SMILES string of the molecule is COCc1nc(C)c(C(=O)N2CCCCCC2c2ncon2)s1. The van der Waals surface area contributed by atoms with Crippen LogP contribution in [0, 0.1) is 6.92 Å². The van der Waals surface area contributed by atoms with Crippen LogP contribution in [0.25, 0.3) is 0 Å². The smallest absolute Gasteiger partial charge is 0.266 e. The molecule has 0 bridgehead atoms. The number of aryl methyl sites for hydroxylation is 1. The van der Waals surface area contributed by atoms with Crippen molar-refractivity contribution >= 4 is 17.2 Å². The quantitative estimate of drug-likeness (QED) is 0.854. The highest BCUT2D eigenvalue weighted by molar-refractivity contribution is 7.13. The van der Waals surface area contributed by atoms with Crippen LogP contribution in [-0.4, -0.2) is 39.6 Å². The summed E-state index contributed by atoms with van der Waals surface area (Å²) in [7, 11) is 1.62. The fraction of sp³-hybridized carbons (Fsp3) is 0.600. The van der Waals surface area contributed by atoms with E-state index in [0.29, 0.717) is 23.9 Å². The summed E-state index contributed by atoms with van der Waals surface area (Å²) in [6.45, 7) is 2.99. The third kappa shape index (κ3) is 3.42. The van der Waals surface area contributed by atoms with Gasteiger partial charge >= 0.3 is 0 Å². The summed E-state index contributed by atoms with van der Waals surface area (Å²) in [5.41, 5.74) is 0.753. The van der Waals surface area contributed by atoms with Crippen LogP contribution in [0.1, 0.15) is 57.9 Å². The maximum atomic E-state index is 13.1. The monoisotopic (exact) mass is 336 g/mol.